The van der Waals surface area contributed by atoms with Crippen LogP contribution in [0.1, 0.15) is 11.4 Å². The van der Waals surface area contributed by atoms with E-state index in [1.165, 1.54) is 0 Å². The van der Waals surface area contributed by atoms with Crippen LogP contribution in [0.25, 0.3) is 16.8 Å². The van der Waals surface area contributed by atoms with Gasteiger partial charge >= 0.3 is 0 Å². The predicted octanol–water partition coefficient (Wildman–Crippen LogP) is 5.42. The third-order valence-electron chi connectivity index (χ3n) is 4.37. The van der Waals surface area contributed by atoms with Crippen molar-refractivity contribution in [2.24, 2.45) is 0 Å². The average molecular weight is 379 g/mol. The van der Waals surface area contributed by atoms with E-state index in [0.717, 1.165) is 45.4 Å². The minimum atomic E-state index is 0.706. The first-order chi connectivity index (χ1) is 13.0. The van der Waals surface area contributed by atoms with Crippen LogP contribution in [0.5, 0.6) is 5.75 Å². The number of ether oxygens (including phenoxy) is 1. The summed E-state index contributed by atoms with van der Waals surface area (Å²) in [6.07, 6.45) is 0. The molecule has 4 aromatic rings. The predicted molar refractivity (Wildman–Crippen MR) is 109 cm³/mol. The molecule has 136 valence electrons. The first-order valence-corrected chi connectivity index (χ1v) is 8.97. The fraction of sp³-hybridized carbons (Fsp3) is 0.143. The Morgan fingerprint density at radius 2 is 1.81 bits per heavy atom. The number of nitrogens with one attached hydrogen (secondary N) is 1. The summed E-state index contributed by atoms with van der Waals surface area (Å²) in [5, 5.41) is 8.85. The minimum Gasteiger partial charge on any atom is -0.497 e. The highest BCUT2D eigenvalue weighted by Gasteiger charge is 2.16. The Morgan fingerprint density at radius 3 is 2.56 bits per heavy atom. The molecule has 27 heavy (non-hydrogen) atoms. The molecular formula is C21H19ClN4O. The van der Waals surface area contributed by atoms with Crippen LogP contribution < -0.4 is 10.1 Å². The number of methoxy groups -OCH3 is 1. The summed E-state index contributed by atoms with van der Waals surface area (Å²) in [6.45, 7) is 3.97. The van der Waals surface area contributed by atoms with Crippen molar-refractivity contribution < 1.29 is 4.74 Å². The van der Waals surface area contributed by atoms with Crippen molar-refractivity contribution in [3.63, 3.8) is 0 Å². The minimum absolute atomic E-state index is 0.706. The van der Waals surface area contributed by atoms with E-state index in [1.807, 2.05) is 73.0 Å². The SMILES string of the molecule is COc1cccc(Nc2cc(C)nc3c(-c4ccc(Cl)cc4)c(C)nn23)c1. The Hall–Kier alpha value is -3.05. The molecule has 0 aliphatic carbocycles. The van der Waals surface area contributed by atoms with Gasteiger partial charge in [0.15, 0.2) is 5.65 Å². The summed E-state index contributed by atoms with van der Waals surface area (Å²) in [5.41, 5.74) is 5.58. The lowest BCUT2D eigenvalue weighted by Crippen LogP contribution is -2.02. The van der Waals surface area contributed by atoms with Gasteiger partial charge in [0.05, 0.1) is 12.8 Å². The highest BCUT2D eigenvalue weighted by atomic mass is 35.5. The van der Waals surface area contributed by atoms with Gasteiger partial charge in [0.2, 0.25) is 0 Å². The Balaban J connectivity index is 1.85. The Morgan fingerprint density at radius 1 is 1.04 bits per heavy atom. The van der Waals surface area contributed by atoms with E-state index in [1.54, 1.807) is 7.11 Å². The lowest BCUT2D eigenvalue weighted by molar-refractivity contribution is 0.415. The van der Waals surface area contributed by atoms with Crippen molar-refractivity contribution in [1.29, 1.82) is 0 Å². The second-order valence-corrected chi connectivity index (χ2v) is 6.78. The van der Waals surface area contributed by atoms with E-state index < -0.39 is 0 Å². The topological polar surface area (TPSA) is 51.5 Å². The van der Waals surface area contributed by atoms with Gasteiger partial charge in [0, 0.05) is 34.1 Å². The number of anilines is 2. The quantitative estimate of drug-likeness (QED) is 0.515. The molecule has 2 aromatic heterocycles. The van der Waals surface area contributed by atoms with Crippen LogP contribution in [-0.2, 0) is 0 Å². The Kier molecular flexibility index (Phi) is 4.46. The highest BCUT2D eigenvalue weighted by Crippen LogP contribution is 2.31. The van der Waals surface area contributed by atoms with Gasteiger partial charge in [-0.1, -0.05) is 29.8 Å². The number of benzene rings is 2. The van der Waals surface area contributed by atoms with Crippen molar-refractivity contribution in [2.75, 3.05) is 12.4 Å². The standard InChI is InChI=1S/C21H19ClN4O/c1-13-11-19(24-17-5-4-6-18(12-17)27-3)26-21(23-13)20(14(2)25-26)15-7-9-16(22)10-8-15/h4-12,24H,1-3H3. The highest BCUT2D eigenvalue weighted by molar-refractivity contribution is 6.30. The van der Waals surface area contributed by atoms with Gasteiger partial charge in [-0.3, -0.25) is 0 Å². The second kappa shape index (κ2) is 6.93. The molecule has 1 N–H and O–H groups in total. The van der Waals surface area contributed by atoms with Crippen LogP contribution in [0.15, 0.2) is 54.6 Å². The number of hydrogen-bond donors (Lipinski definition) is 1. The van der Waals surface area contributed by atoms with Crippen molar-refractivity contribution in [1.82, 2.24) is 14.6 Å². The lowest BCUT2D eigenvalue weighted by atomic mass is 10.1. The maximum absolute atomic E-state index is 6.04. The zero-order valence-electron chi connectivity index (χ0n) is 15.3. The molecule has 0 aliphatic rings. The lowest BCUT2D eigenvalue weighted by Gasteiger charge is -2.11. The zero-order valence-corrected chi connectivity index (χ0v) is 16.1. The van der Waals surface area contributed by atoms with E-state index in [4.69, 9.17) is 26.4 Å². The van der Waals surface area contributed by atoms with E-state index in [9.17, 15) is 0 Å². The molecule has 0 amide bonds. The van der Waals surface area contributed by atoms with Gasteiger partial charge in [-0.25, -0.2) is 4.98 Å². The molecule has 0 fully saturated rings. The number of aryl methyl sites for hydroxylation is 2. The van der Waals surface area contributed by atoms with Crippen LogP contribution in [0.4, 0.5) is 11.5 Å². The summed E-state index contributed by atoms with van der Waals surface area (Å²) in [7, 11) is 1.66. The fourth-order valence-electron chi connectivity index (χ4n) is 3.14. The first-order valence-electron chi connectivity index (χ1n) is 8.59. The van der Waals surface area contributed by atoms with Gasteiger partial charge in [0.25, 0.3) is 0 Å². The summed E-state index contributed by atoms with van der Waals surface area (Å²) >= 11 is 6.04. The Bertz CT molecular complexity index is 1120. The van der Waals surface area contributed by atoms with E-state index >= 15 is 0 Å². The van der Waals surface area contributed by atoms with Crippen LogP contribution >= 0.6 is 11.6 Å². The smallest absolute Gasteiger partial charge is 0.165 e. The molecule has 2 aromatic carbocycles. The maximum atomic E-state index is 6.04. The first kappa shape index (κ1) is 17.4. The molecule has 0 unspecified atom stereocenters. The van der Waals surface area contributed by atoms with Crippen LogP contribution in [0, 0.1) is 13.8 Å². The van der Waals surface area contributed by atoms with Crippen LogP contribution in [0.3, 0.4) is 0 Å². The van der Waals surface area contributed by atoms with Gasteiger partial charge in [-0.2, -0.15) is 9.61 Å². The number of halogens is 1. The van der Waals surface area contributed by atoms with Crippen LogP contribution in [-0.4, -0.2) is 21.7 Å². The molecule has 4 rings (SSSR count). The summed E-state index contributed by atoms with van der Waals surface area (Å²) in [6, 6.07) is 17.5. The molecule has 5 nitrogen and oxygen atoms in total. The van der Waals surface area contributed by atoms with Crippen molar-refractivity contribution in [3.8, 4) is 16.9 Å². The number of nitrogens with zero attached hydrogens (tertiary/aromatic N) is 3. The Labute approximate surface area is 162 Å². The zero-order chi connectivity index (χ0) is 19.0. The molecule has 2 heterocycles. The van der Waals surface area contributed by atoms with Gasteiger partial charge < -0.3 is 10.1 Å². The largest absolute Gasteiger partial charge is 0.497 e. The van der Waals surface area contributed by atoms with E-state index in [0.29, 0.717) is 5.02 Å². The molecular weight excluding hydrogens is 360 g/mol. The van der Waals surface area contributed by atoms with Crippen molar-refractivity contribution in [2.45, 2.75) is 13.8 Å². The summed E-state index contributed by atoms with van der Waals surface area (Å²) < 4.78 is 7.15. The monoisotopic (exact) mass is 378 g/mol. The fourth-order valence-corrected chi connectivity index (χ4v) is 3.26. The molecule has 0 atom stereocenters. The third kappa shape index (κ3) is 3.34. The molecule has 0 radical (unpaired) electrons. The van der Waals surface area contributed by atoms with E-state index in [2.05, 4.69) is 5.32 Å². The molecule has 0 saturated carbocycles. The molecule has 0 saturated heterocycles. The van der Waals surface area contributed by atoms with E-state index in [-0.39, 0.29) is 0 Å². The van der Waals surface area contributed by atoms with Gasteiger partial charge in [-0.05, 0) is 43.7 Å². The van der Waals surface area contributed by atoms with Crippen molar-refractivity contribution >= 4 is 28.8 Å². The third-order valence-corrected chi connectivity index (χ3v) is 4.62. The van der Waals surface area contributed by atoms with Crippen molar-refractivity contribution in [3.05, 3.63) is 71.0 Å². The number of fused-ring (bicyclic) bond motifs is 1. The van der Waals surface area contributed by atoms with Gasteiger partial charge in [0.1, 0.15) is 11.6 Å². The number of rotatable bonds is 4. The molecule has 0 spiro atoms. The average Bonchev–Trinajstić information content (AvgIpc) is 2.99. The maximum Gasteiger partial charge on any atom is 0.165 e. The van der Waals surface area contributed by atoms with Crippen LogP contribution in [0.2, 0.25) is 5.02 Å². The second-order valence-electron chi connectivity index (χ2n) is 6.34. The molecule has 6 heteroatoms. The molecule has 0 bridgehead atoms. The summed E-state index contributed by atoms with van der Waals surface area (Å²) in [4.78, 5) is 4.73. The normalized spacial score (nSPS) is 11.0. The molecule has 0 aliphatic heterocycles. The number of aromatic nitrogens is 3. The number of hydrogen-bond acceptors (Lipinski definition) is 4. The summed E-state index contributed by atoms with van der Waals surface area (Å²) in [5.74, 6) is 1.63. The van der Waals surface area contributed by atoms with Gasteiger partial charge in [-0.15, -0.1) is 0 Å².